The van der Waals surface area contributed by atoms with Gasteiger partial charge in [-0.3, -0.25) is 0 Å². The zero-order chi connectivity index (χ0) is 22.8. The van der Waals surface area contributed by atoms with Crippen molar-refractivity contribution >= 4 is 39.1 Å². The van der Waals surface area contributed by atoms with E-state index in [1.807, 2.05) is 25.3 Å². The van der Waals surface area contributed by atoms with Crippen LogP contribution in [0.4, 0.5) is 17.6 Å². The zero-order valence-corrected chi connectivity index (χ0v) is 18.9. The molecule has 33 heavy (non-hydrogen) atoms. The summed E-state index contributed by atoms with van der Waals surface area (Å²) in [5.41, 5.74) is 8.21. The minimum absolute atomic E-state index is 0.0457. The molecular weight excluding hydrogens is 440 g/mol. The molecule has 1 atom stereocenters. The van der Waals surface area contributed by atoms with Crippen LogP contribution < -0.4 is 16.0 Å². The smallest absolute Gasteiger partial charge is 0.219 e. The summed E-state index contributed by atoms with van der Waals surface area (Å²) in [6, 6.07) is 5.93. The number of aliphatic hydroxyl groups is 1. The molecule has 4 N–H and O–H groups in total. The van der Waals surface area contributed by atoms with Crippen LogP contribution >= 0.6 is 11.3 Å². The van der Waals surface area contributed by atoms with Crippen LogP contribution in [0, 0.1) is 0 Å². The molecule has 170 valence electrons. The summed E-state index contributed by atoms with van der Waals surface area (Å²) in [4.78, 5) is 25.6. The van der Waals surface area contributed by atoms with E-state index < -0.39 is 0 Å². The van der Waals surface area contributed by atoms with Gasteiger partial charge in [0.25, 0.3) is 0 Å². The number of morpholine rings is 1. The molecule has 11 heteroatoms. The average molecular weight is 465 g/mol. The molecule has 10 nitrogen and oxygen atoms in total. The Labute approximate surface area is 194 Å². The van der Waals surface area contributed by atoms with Crippen molar-refractivity contribution in [2.24, 2.45) is 0 Å². The Balaban J connectivity index is 1.56. The van der Waals surface area contributed by atoms with E-state index in [1.54, 1.807) is 23.7 Å². The van der Waals surface area contributed by atoms with Crippen molar-refractivity contribution in [1.82, 2.24) is 24.9 Å². The SMILES string of the molecule is CC(CO)Nc1ccc(-c2cc3nc(-c4cnc(N)nc4)nc(N4CCOCC4)c3s2)cn1. The highest BCUT2D eigenvalue weighted by Gasteiger charge is 2.21. The molecule has 0 aromatic carbocycles. The lowest BCUT2D eigenvalue weighted by molar-refractivity contribution is 0.122. The van der Waals surface area contributed by atoms with Crippen molar-refractivity contribution in [3.63, 3.8) is 0 Å². The number of hydrogen-bond donors (Lipinski definition) is 3. The highest BCUT2D eigenvalue weighted by Crippen LogP contribution is 2.38. The summed E-state index contributed by atoms with van der Waals surface area (Å²) in [6.07, 6.45) is 5.11. The fraction of sp³-hybridized carbons (Fsp3) is 0.318. The van der Waals surface area contributed by atoms with Crippen LogP contribution in [0.15, 0.2) is 36.8 Å². The third-order valence-electron chi connectivity index (χ3n) is 5.31. The van der Waals surface area contributed by atoms with Crippen molar-refractivity contribution < 1.29 is 9.84 Å². The summed E-state index contributed by atoms with van der Waals surface area (Å²) in [7, 11) is 0. The van der Waals surface area contributed by atoms with E-state index >= 15 is 0 Å². The number of rotatable bonds is 6. The van der Waals surface area contributed by atoms with Gasteiger partial charge in [-0.05, 0) is 25.1 Å². The number of anilines is 3. The second kappa shape index (κ2) is 9.22. The lowest BCUT2D eigenvalue weighted by atomic mass is 10.2. The molecule has 1 aliphatic rings. The minimum atomic E-state index is -0.0604. The number of ether oxygens (including phenoxy) is 1. The van der Waals surface area contributed by atoms with Gasteiger partial charge in [-0.1, -0.05) is 0 Å². The van der Waals surface area contributed by atoms with E-state index in [1.165, 1.54) is 0 Å². The third-order valence-corrected chi connectivity index (χ3v) is 6.48. The number of thiophene rings is 1. The Morgan fingerprint density at radius 3 is 2.58 bits per heavy atom. The van der Waals surface area contributed by atoms with Gasteiger partial charge in [0.1, 0.15) is 5.82 Å². The van der Waals surface area contributed by atoms with E-state index in [0.717, 1.165) is 45.4 Å². The van der Waals surface area contributed by atoms with E-state index in [4.69, 9.17) is 20.4 Å². The Hall–Kier alpha value is -3.41. The van der Waals surface area contributed by atoms with E-state index in [-0.39, 0.29) is 18.6 Å². The molecule has 1 fully saturated rings. The molecule has 1 aliphatic heterocycles. The number of aromatic nitrogens is 5. The van der Waals surface area contributed by atoms with Crippen LogP contribution in [0.2, 0.25) is 0 Å². The highest BCUT2D eigenvalue weighted by atomic mass is 32.1. The Bertz CT molecular complexity index is 1240. The second-order valence-corrected chi connectivity index (χ2v) is 8.84. The summed E-state index contributed by atoms with van der Waals surface area (Å²) >= 11 is 1.64. The predicted molar refractivity (Wildman–Crippen MR) is 129 cm³/mol. The molecule has 4 aromatic rings. The topological polar surface area (TPSA) is 135 Å². The van der Waals surface area contributed by atoms with E-state index in [2.05, 4.69) is 31.2 Å². The number of aliphatic hydroxyl groups excluding tert-OH is 1. The van der Waals surface area contributed by atoms with Gasteiger partial charge in [0.15, 0.2) is 11.6 Å². The van der Waals surface area contributed by atoms with Crippen LogP contribution in [0.1, 0.15) is 6.92 Å². The molecule has 0 radical (unpaired) electrons. The van der Waals surface area contributed by atoms with Gasteiger partial charge in [-0.2, -0.15) is 0 Å². The molecule has 0 bridgehead atoms. The van der Waals surface area contributed by atoms with Gasteiger partial charge in [0.2, 0.25) is 5.95 Å². The summed E-state index contributed by atoms with van der Waals surface area (Å²) < 4.78 is 6.55. The predicted octanol–water partition coefficient (Wildman–Crippen LogP) is 2.42. The van der Waals surface area contributed by atoms with Gasteiger partial charge in [0, 0.05) is 48.2 Å². The molecule has 0 aliphatic carbocycles. The molecule has 0 saturated carbocycles. The quantitative estimate of drug-likeness (QED) is 0.390. The minimum Gasteiger partial charge on any atom is -0.394 e. The van der Waals surface area contributed by atoms with Crippen LogP contribution in [0.3, 0.4) is 0 Å². The lowest BCUT2D eigenvalue weighted by Gasteiger charge is -2.28. The number of nitrogens with zero attached hydrogens (tertiary/aromatic N) is 6. The van der Waals surface area contributed by atoms with Crippen molar-refractivity contribution in [3.05, 3.63) is 36.8 Å². The number of nitrogen functional groups attached to an aromatic ring is 1. The number of nitrogens with two attached hydrogens (primary N) is 1. The zero-order valence-electron chi connectivity index (χ0n) is 18.1. The fourth-order valence-corrected chi connectivity index (χ4v) is 4.66. The van der Waals surface area contributed by atoms with E-state index in [9.17, 15) is 5.11 Å². The first-order chi connectivity index (χ1) is 16.1. The summed E-state index contributed by atoms with van der Waals surface area (Å²) in [6.45, 7) is 4.80. The molecule has 5 rings (SSSR count). The molecule has 5 heterocycles. The first-order valence-electron chi connectivity index (χ1n) is 10.7. The molecule has 0 spiro atoms. The van der Waals surface area contributed by atoms with Gasteiger partial charge in [0.05, 0.1) is 35.6 Å². The number of pyridine rings is 1. The standard InChI is InChI=1S/C22H24N8O2S/c1-13(12-31)27-18-3-2-14(9-24-18)17-8-16-19(33-17)21(30-4-6-32-7-5-30)29-20(28-16)15-10-25-22(23)26-11-15/h2-3,8-11,13,31H,4-7,12H2,1H3,(H,24,27)(H2,23,25,26). The Kier molecular flexibility index (Phi) is 5.99. The lowest BCUT2D eigenvalue weighted by Crippen LogP contribution is -2.36. The van der Waals surface area contributed by atoms with Crippen molar-refractivity contribution in [2.45, 2.75) is 13.0 Å². The summed E-state index contributed by atoms with van der Waals surface area (Å²) in [5.74, 6) is 2.38. The normalized spacial score (nSPS) is 15.0. The van der Waals surface area contributed by atoms with Crippen LogP contribution in [-0.2, 0) is 4.74 Å². The fourth-order valence-electron chi connectivity index (χ4n) is 3.55. The van der Waals surface area contributed by atoms with Crippen LogP contribution in [0.5, 0.6) is 0 Å². The first kappa shape index (κ1) is 21.4. The number of hydrogen-bond acceptors (Lipinski definition) is 11. The van der Waals surface area contributed by atoms with Crippen LogP contribution in [0.25, 0.3) is 32.0 Å². The highest BCUT2D eigenvalue weighted by molar-refractivity contribution is 7.22. The largest absolute Gasteiger partial charge is 0.394 e. The molecule has 0 amide bonds. The Morgan fingerprint density at radius 1 is 1.12 bits per heavy atom. The maximum atomic E-state index is 9.23. The maximum Gasteiger partial charge on any atom is 0.219 e. The second-order valence-electron chi connectivity index (χ2n) is 7.79. The van der Waals surface area contributed by atoms with Gasteiger partial charge in [-0.25, -0.2) is 24.9 Å². The number of nitrogens with one attached hydrogen (secondary N) is 1. The average Bonchev–Trinajstić information content (AvgIpc) is 3.29. The molecule has 1 unspecified atom stereocenters. The van der Waals surface area contributed by atoms with Crippen molar-refractivity contribution in [2.75, 3.05) is 48.9 Å². The van der Waals surface area contributed by atoms with E-state index in [0.29, 0.717) is 24.6 Å². The van der Waals surface area contributed by atoms with Gasteiger partial charge < -0.3 is 25.8 Å². The molecular formula is C22H24N8O2S. The third kappa shape index (κ3) is 4.56. The van der Waals surface area contributed by atoms with Crippen LogP contribution in [-0.4, -0.2) is 69.0 Å². The first-order valence-corrected chi connectivity index (χ1v) is 11.5. The maximum absolute atomic E-state index is 9.23. The Morgan fingerprint density at radius 2 is 1.88 bits per heavy atom. The van der Waals surface area contributed by atoms with Crippen molar-refractivity contribution in [3.8, 4) is 21.8 Å². The monoisotopic (exact) mass is 464 g/mol. The molecule has 1 saturated heterocycles. The van der Waals surface area contributed by atoms with Gasteiger partial charge >= 0.3 is 0 Å². The van der Waals surface area contributed by atoms with Crippen molar-refractivity contribution in [1.29, 1.82) is 0 Å². The number of fused-ring (bicyclic) bond motifs is 1. The van der Waals surface area contributed by atoms with Gasteiger partial charge in [-0.15, -0.1) is 11.3 Å². The molecule has 4 aromatic heterocycles. The summed E-state index contributed by atoms with van der Waals surface area (Å²) in [5, 5.41) is 12.4.